The minimum absolute atomic E-state index is 0.106. The van der Waals surface area contributed by atoms with Crippen molar-refractivity contribution in [2.75, 3.05) is 26.7 Å². The molecule has 0 bridgehead atoms. The van der Waals surface area contributed by atoms with Crippen molar-refractivity contribution >= 4 is 16.8 Å². The number of rotatable bonds is 3. The summed E-state index contributed by atoms with van der Waals surface area (Å²) in [5.74, 6) is -1.91. The first kappa shape index (κ1) is 15.6. The largest absolute Gasteiger partial charge is 0.358 e. The average molecular weight is 321 g/mol. The molecule has 23 heavy (non-hydrogen) atoms. The molecule has 2 aromatic rings. The molecule has 0 saturated carbocycles. The quantitative estimate of drug-likeness (QED) is 0.900. The molecule has 1 aliphatic rings. The maximum atomic E-state index is 13.6. The molecule has 0 aliphatic carbocycles. The Bertz CT molecular complexity index is 819. The van der Waals surface area contributed by atoms with Gasteiger partial charge in [-0.05, 0) is 32.0 Å². The summed E-state index contributed by atoms with van der Waals surface area (Å²) in [5, 5.41) is 2.55. The number of carbonyl (C=O) groups is 1. The molecular formula is C16H17F2N3O2. The van der Waals surface area contributed by atoms with Crippen LogP contribution in [0.1, 0.15) is 16.8 Å². The Labute approximate surface area is 131 Å². The van der Waals surface area contributed by atoms with Crippen molar-refractivity contribution in [2.24, 2.45) is 5.92 Å². The zero-order chi connectivity index (χ0) is 16.6. The summed E-state index contributed by atoms with van der Waals surface area (Å²) in [4.78, 5) is 29.2. The van der Waals surface area contributed by atoms with Gasteiger partial charge in [-0.1, -0.05) is 0 Å². The zero-order valence-corrected chi connectivity index (χ0v) is 12.7. The van der Waals surface area contributed by atoms with Gasteiger partial charge in [0.15, 0.2) is 0 Å². The predicted molar refractivity (Wildman–Crippen MR) is 82.4 cm³/mol. The van der Waals surface area contributed by atoms with Crippen LogP contribution in [0.5, 0.6) is 0 Å². The average Bonchev–Trinajstić information content (AvgIpc) is 2.91. The lowest BCUT2D eigenvalue weighted by atomic mass is 10.1. The van der Waals surface area contributed by atoms with Gasteiger partial charge in [0.2, 0.25) is 5.43 Å². The van der Waals surface area contributed by atoms with Gasteiger partial charge in [0.25, 0.3) is 5.91 Å². The first-order valence-electron chi connectivity index (χ1n) is 7.43. The smallest absolute Gasteiger partial charge is 0.256 e. The number of aromatic amines is 1. The topological polar surface area (TPSA) is 65.2 Å². The summed E-state index contributed by atoms with van der Waals surface area (Å²) in [6, 6.07) is 1.62. The van der Waals surface area contributed by atoms with Gasteiger partial charge in [0, 0.05) is 25.4 Å². The molecule has 1 atom stereocenters. The second kappa shape index (κ2) is 6.08. The van der Waals surface area contributed by atoms with E-state index < -0.39 is 23.0 Å². The van der Waals surface area contributed by atoms with E-state index in [-0.39, 0.29) is 16.5 Å². The highest BCUT2D eigenvalue weighted by atomic mass is 19.1. The van der Waals surface area contributed by atoms with Crippen molar-refractivity contribution in [1.82, 2.24) is 15.2 Å². The van der Waals surface area contributed by atoms with E-state index in [2.05, 4.69) is 15.2 Å². The number of amides is 1. The lowest BCUT2D eigenvalue weighted by molar-refractivity contribution is 0.0946. The number of aromatic nitrogens is 1. The second-order valence-corrected chi connectivity index (χ2v) is 5.97. The van der Waals surface area contributed by atoms with Crippen molar-refractivity contribution < 1.29 is 13.6 Å². The fourth-order valence-electron chi connectivity index (χ4n) is 2.95. The molecule has 1 fully saturated rings. The van der Waals surface area contributed by atoms with E-state index in [1.54, 1.807) is 0 Å². The molecule has 7 heteroatoms. The highest BCUT2D eigenvalue weighted by Crippen LogP contribution is 2.15. The Kier molecular flexibility index (Phi) is 4.12. The Morgan fingerprint density at radius 1 is 1.43 bits per heavy atom. The molecule has 1 saturated heterocycles. The Morgan fingerprint density at radius 3 is 2.91 bits per heavy atom. The van der Waals surface area contributed by atoms with Crippen molar-refractivity contribution in [2.45, 2.75) is 6.42 Å². The zero-order valence-electron chi connectivity index (χ0n) is 12.7. The van der Waals surface area contributed by atoms with Gasteiger partial charge in [-0.25, -0.2) is 8.78 Å². The molecule has 0 spiro atoms. The monoisotopic (exact) mass is 321 g/mol. The van der Waals surface area contributed by atoms with E-state index in [9.17, 15) is 18.4 Å². The number of nitrogens with one attached hydrogen (secondary N) is 2. The van der Waals surface area contributed by atoms with Crippen LogP contribution in [0.15, 0.2) is 23.1 Å². The first-order chi connectivity index (χ1) is 11.0. The highest BCUT2D eigenvalue weighted by molar-refractivity contribution is 5.97. The molecule has 1 unspecified atom stereocenters. The molecular weight excluding hydrogens is 304 g/mol. The van der Waals surface area contributed by atoms with Gasteiger partial charge in [0.05, 0.1) is 10.9 Å². The molecule has 2 N–H and O–H groups in total. The maximum absolute atomic E-state index is 13.6. The summed E-state index contributed by atoms with van der Waals surface area (Å²) in [5.41, 5.74) is -0.933. The van der Waals surface area contributed by atoms with Gasteiger partial charge in [-0.3, -0.25) is 9.59 Å². The summed E-state index contributed by atoms with van der Waals surface area (Å²) in [6.07, 6.45) is 2.16. The van der Waals surface area contributed by atoms with Crippen molar-refractivity contribution in [3.63, 3.8) is 0 Å². The number of hydrogen-bond donors (Lipinski definition) is 2. The Morgan fingerprint density at radius 2 is 2.22 bits per heavy atom. The first-order valence-corrected chi connectivity index (χ1v) is 7.43. The maximum Gasteiger partial charge on any atom is 0.256 e. The number of benzene rings is 1. The highest BCUT2D eigenvalue weighted by Gasteiger charge is 2.21. The van der Waals surface area contributed by atoms with Crippen LogP contribution < -0.4 is 10.7 Å². The molecule has 5 nitrogen and oxygen atoms in total. The fourth-order valence-corrected chi connectivity index (χ4v) is 2.95. The van der Waals surface area contributed by atoms with E-state index >= 15 is 0 Å². The van der Waals surface area contributed by atoms with Crippen LogP contribution in [0.4, 0.5) is 8.78 Å². The minimum Gasteiger partial charge on any atom is -0.358 e. The molecule has 0 radical (unpaired) electrons. The van der Waals surface area contributed by atoms with Gasteiger partial charge in [0.1, 0.15) is 17.2 Å². The number of carbonyl (C=O) groups excluding carboxylic acids is 1. The van der Waals surface area contributed by atoms with E-state index in [1.165, 1.54) is 6.20 Å². The Balaban J connectivity index is 1.83. The number of nitrogens with zero attached hydrogens (tertiary/aromatic N) is 1. The van der Waals surface area contributed by atoms with E-state index in [1.807, 2.05) is 7.05 Å². The molecule has 1 aliphatic heterocycles. The van der Waals surface area contributed by atoms with Gasteiger partial charge in [-0.15, -0.1) is 0 Å². The number of hydrogen-bond acceptors (Lipinski definition) is 3. The van der Waals surface area contributed by atoms with Crippen LogP contribution >= 0.6 is 0 Å². The fraction of sp³-hybridized carbons (Fsp3) is 0.375. The molecule has 2 heterocycles. The minimum atomic E-state index is -0.863. The third-order valence-electron chi connectivity index (χ3n) is 4.19. The van der Waals surface area contributed by atoms with Crippen LogP contribution in [0.3, 0.4) is 0 Å². The van der Waals surface area contributed by atoms with E-state index in [4.69, 9.17) is 0 Å². The van der Waals surface area contributed by atoms with Crippen LogP contribution in [-0.4, -0.2) is 42.5 Å². The van der Waals surface area contributed by atoms with Gasteiger partial charge < -0.3 is 15.2 Å². The van der Waals surface area contributed by atoms with Crippen LogP contribution in [0, 0.1) is 17.6 Å². The lowest BCUT2D eigenvalue weighted by Gasteiger charge is -2.11. The SMILES string of the molecule is CN1CCC(CNC(=O)c2c[nH]c3c(F)cc(F)cc3c2=O)C1. The van der Waals surface area contributed by atoms with Crippen LogP contribution in [-0.2, 0) is 0 Å². The van der Waals surface area contributed by atoms with Gasteiger partial charge in [-0.2, -0.15) is 0 Å². The van der Waals surface area contributed by atoms with E-state index in [0.29, 0.717) is 18.5 Å². The third kappa shape index (κ3) is 3.10. The summed E-state index contributed by atoms with van der Waals surface area (Å²) >= 11 is 0. The second-order valence-electron chi connectivity index (χ2n) is 5.97. The predicted octanol–water partition coefficient (Wildman–Crippen LogP) is 1.49. The number of halogens is 2. The molecule has 1 aromatic carbocycles. The van der Waals surface area contributed by atoms with Crippen molar-refractivity contribution in [3.05, 3.63) is 45.8 Å². The van der Waals surface area contributed by atoms with Crippen LogP contribution in [0.2, 0.25) is 0 Å². The number of fused-ring (bicyclic) bond motifs is 1. The van der Waals surface area contributed by atoms with Crippen molar-refractivity contribution in [3.8, 4) is 0 Å². The van der Waals surface area contributed by atoms with Crippen LogP contribution in [0.25, 0.3) is 10.9 Å². The molecule has 1 aromatic heterocycles. The Hall–Kier alpha value is -2.28. The molecule has 3 rings (SSSR count). The molecule has 1 amide bonds. The van der Waals surface area contributed by atoms with Crippen molar-refractivity contribution in [1.29, 1.82) is 0 Å². The number of pyridine rings is 1. The van der Waals surface area contributed by atoms with E-state index in [0.717, 1.165) is 25.6 Å². The number of likely N-dealkylation sites (tertiary alicyclic amines) is 1. The summed E-state index contributed by atoms with van der Waals surface area (Å²) in [7, 11) is 2.01. The van der Waals surface area contributed by atoms with Gasteiger partial charge >= 0.3 is 0 Å². The number of H-pyrrole nitrogens is 1. The normalized spacial score (nSPS) is 18.5. The third-order valence-corrected chi connectivity index (χ3v) is 4.19. The summed E-state index contributed by atoms with van der Waals surface area (Å²) < 4.78 is 26.9. The molecule has 122 valence electrons. The lowest BCUT2D eigenvalue weighted by Crippen LogP contribution is -2.33. The summed E-state index contributed by atoms with van der Waals surface area (Å²) in [6.45, 7) is 2.35. The standard InChI is InChI=1S/C16H17F2N3O2/c1-21-3-2-9(8-21)6-20-16(23)12-7-19-14-11(15(12)22)4-10(17)5-13(14)18/h4-5,7,9H,2-3,6,8H2,1H3,(H,19,22)(H,20,23).